The molecule has 152 valence electrons. The Morgan fingerprint density at radius 1 is 1.13 bits per heavy atom. The number of benzene rings is 2. The monoisotopic (exact) mass is 407 g/mol. The number of hydrogen-bond acceptors (Lipinski definition) is 3. The molecule has 30 heavy (non-hydrogen) atoms. The maximum Gasteiger partial charge on any atom is 0.268 e. The topological polar surface area (TPSA) is 67.0 Å². The van der Waals surface area contributed by atoms with E-state index in [1.54, 1.807) is 42.5 Å². The summed E-state index contributed by atoms with van der Waals surface area (Å²) < 4.78 is 32.6. The lowest BCUT2D eigenvalue weighted by Crippen LogP contribution is -2.27. The summed E-state index contributed by atoms with van der Waals surface area (Å²) in [6.45, 7) is 1.91. The van der Waals surface area contributed by atoms with E-state index in [1.807, 2.05) is 6.92 Å². The number of halogens is 2. The molecule has 4 rings (SSSR count). The van der Waals surface area contributed by atoms with Crippen LogP contribution in [0.15, 0.2) is 66.9 Å². The minimum Gasteiger partial charge on any atom is -0.487 e. The molecule has 4 aromatic rings. The highest BCUT2D eigenvalue weighted by atomic mass is 19.1. The van der Waals surface area contributed by atoms with Crippen LogP contribution >= 0.6 is 0 Å². The molecule has 1 amide bonds. The highest BCUT2D eigenvalue weighted by Gasteiger charge is 2.15. The molecular formula is C23H19F2N3O2. The highest BCUT2D eigenvalue weighted by Crippen LogP contribution is 2.19. The second-order valence-electron chi connectivity index (χ2n) is 6.91. The molecular weight excluding hydrogens is 388 g/mol. The SMILES string of the molecule is C[C@@H](NC(=O)c1cc2cc(F)ccc2[nH]1)c1ccc(OCc2ccccc2F)cn1. The van der Waals surface area contributed by atoms with Gasteiger partial charge in [0.05, 0.1) is 17.9 Å². The third-order valence-electron chi connectivity index (χ3n) is 4.73. The number of amides is 1. The number of nitrogens with one attached hydrogen (secondary N) is 2. The number of aromatic amines is 1. The van der Waals surface area contributed by atoms with Crippen LogP contribution in [0.25, 0.3) is 10.9 Å². The van der Waals surface area contributed by atoms with E-state index in [9.17, 15) is 13.6 Å². The van der Waals surface area contributed by atoms with Gasteiger partial charge in [-0.3, -0.25) is 9.78 Å². The van der Waals surface area contributed by atoms with Crippen molar-refractivity contribution in [1.29, 1.82) is 0 Å². The maximum atomic E-state index is 13.7. The number of H-pyrrole nitrogens is 1. The summed E-state index contributed by atoms with van der Waals surface area (Å²) >= 11 is 0. The van der Waals surface area contributed by atoms with Gasteiger partial charge < -0.3 is 15.0 Å². The zero-order chi connectivity index (χ0) is 21.1. The standard InChI is InChI=1S/C23H19F2N3O2/c1-14(27-23(29)22-11-16-10-17(24)6-8-21(16)28-22)20-9-7-18(12-26-20)30-13-15-4-2-3-5-19(15)25/h2-12,14,28H,13H2,1H3,(H,27,29)/t14-/m1/s1. The fraction of sp³-hybridized carbons (Fsp3) is 0.130. The molecule has 7 heteroatoms. The van der Waals surface area contributed by atoms with Crippen LogP contribution in [0, 0.1) is 11.6 Å². The number of fused-ring (bicyclic) bond motifs is 1. The number of hydrogen-bond donors (Lipinski definition) is 2. The van der Waals surface area contributed by atoms with Gasteiger partial charge in [0.15, 0.2) is 0 Å². The van der Waals surface area contributed by atoms with Gasteiger partial charge in [0.2, 0.25) is 0 Å². The van der Waals surface area contributed by atoms with Crippen LogP contribution in [0.5, 0.6) is 5.75 Å². The Kier molecular flexibility index (Phi) is 5.43. The third kappa shape index (κ3) is 4.30. The predicted octanol–water partition coefficient (Wildman–Crippen LogP) is 4.91. The highest BCUT2D eigenvalue weighted by molar-refractivity contribution is 5.98. The lowest BCUT2D eigenvalue weighted by Gasteiger charge is -2.13. The molecule has 2 N–H and O–H groups in total. The van der Waals surface area contributed by atoms with Crippen molar-refractivity contribution in [1.82, 2.24) is 15.3 Å². The first kappa shape index (κ1) is 19.6. The average molecular weight is 407 g/mol. The maximum absolute atomic E-state index is 13.7. The third-order valence-corrected chi connectivity index (χ3v) is 4.73. The number of rotatable bonds is 6. The van der Waals surface area contributed by atoms with Gasteiger partial charge in [-0.2, -0.15) is 0 Å². The van der Waals surface area contributed by atoms with Crippen LogP contribution < -0.4 is 10.1 Å². The van der Waals surface area contributed by atoms with Crippen LogP contribution in [0.4, 0.5) is 8.78 Å². The molecule has 0 saturated carbocycles. The molecule has 5 nitrogen and oxygen atoms in total. The molecule has 0 spiro atoms. The second kappa shape index (κ2) is 8.32. The smallest absolute Gasteiger partial charge is 0.268 e. The van der Waals surface area contributed by atoms with Crippen molar-refractivity contribution in [3.05, 3.63) is 95.4 Å². The molecule has 1 atom stereocenters. The Balaban J connectivity index is 1.38. The summed E-state index contributed by atoms with van der Waals surface area (Å²) in [4.78, 5) is 19.8. The van der Waals surface area contributed by atoms with Gasteiger partial charge >= 0.3 is 0 Å². The molecule has 0 fully saturated rings. The van der Waals surface area contributed by atoms with Crippen LogP contribution in [0.2, 0.25) is 0 Å². The van der Waals surface area contributed by atoms with Gasteiger partial charge in [-0.25, -0.2) is 8.78 Å². The Hall–Kier alpha value is -3.74. The molecule has 2 heterocycles. The fourth-order valence-electron chi connectivity index (χ4n) is 3.08. The summed E-state index contributed by atoms with van der Waals surface area (Å²) in [5.74, 6) is -0.500. The number of carbonyl (C=O) groups is 1. The number of aromatic nitrogens is 2. The first-order valence-electron chi connectivity index (χ1n) is 9.41. The molecule has 0 saturated heterocycles. The van der Waals surface area contributed by atoms with Crippen molar-refractivity contribution in [3.63, 3.8) is 0 Å². The van der Waals surface area contributed by atoms with Crippen LogP contribution in [0.1, 0.15) is 34.7 Å². The number of nitrogens with zero attached hydrogens (tertiary/aromatic N) is 1. The van der Waals surface area contributed by atoms with E-state index in [2.05, 4.69) is 15.3 Å². The molecule has 0 aliphatic rings. The van der Waals surface area contributed by atoms with E-state index in [-0.39, 0.29) is 30.2 Å². The van der Waals surface area contributed by atoms with E-state index in [0.29, 0.717) is 33.6 Å². The van der Waals surface area contributed by atoms with E-state index < -0.39 is 0 Å². The average Bonchev–Trinajstić information content (AvgIpc) is 3.17. The molecule has 0 unspecified atom stereocenters. The van der Waals surface area contributed by atoms with E-state index in [0.717, 1.165) is 0 Å². The molecule has 0 bridgehead atoms. The molecule has 0 aliphatic carbocycles. The van der Waals surface area contributed by atoms with Gasteiger partial charge in [-0.15, -0.1) is 0 Å². The zero-order valence-electron chi connectivity index (χ0n) is 16.2. The van der Waals surface area contributed by atoms with Crippen LogP contribution in [-0.4, -0.2) is 15.9 Å². The first-order chi connectivity index (χ1) is 14.5. The van der Waals surface area contributed by atoms with Gasteiger partial charge in [0, 0.05) is 16.5 Å². The van der Waals surface area contributed by atoms with Crippen molar-refractivity contribution in [3.8, 4) is 5.75 Å². The summed E-state index contributed by atoms with van der Waals surface area (Å²) in [6.07, 6.45) is 1.53. The Morgan fingerprint density at radius 3 is 2.73 bits per heavy atom. The Labute approximate surface area is 171 Å². The molecule has 2 aromatic heterocycles. The van der Waals surface area contributed by atoms with Crippen molar-refractivity contribution in [2.45, 2.75) is 19.6 Å². The van der Waals surface area contributed by atoms with Gasteiger partial charge in [0.25, 0.3) is 5.91 Å². The lowest BCUT2D eigenvalue weighted by molar-refractivity contribution is 0.0935. The van der Waals surface area contributed by atoms with E-state index in [4.69, 9.17) is 4.74 Å². The fourth-order valence-corrected chi connectivity index (χ4v) is 3.08. The minimum absolute atomic E-state index is 0.0982. The van der Waals surface area contributed by atoms with E-state index >= 15 is 0 Å². The molecule has 0 aliphatic heterocycles. The summed E-state index contributed by atoms with van der Waals surface area (Å²) in [7, 11) is 0. The minimum atomic E-state index is -0.360. The number of ether oxygens (including phenoxy) is 1. The molecule has 2 aromatic carbocycles. The van der Waals surface area contributed by atoms with Gasteiger partial charge in [0.1, 0.15) is 29.7 Å². The van der Waals surface area contributed by atoms with Crippen LogP contribution in [0.3, 0.4) is 0 Å². The Bertz CT molecular complexity index is 1190. The van der Waals surface area contributed by atoms with Crippen molar-refractivity contribution < 1.29 is 18.3 Å². The van der Waals surface area contributed by atoms with Crippen molar-refractivity contribution >= 4 is 16.8 Å². The Morgan fingerprint density at radius 2 is 1.97 bits per heavy atom. The second-order valence-corrected chi connectivity index (χ2v) is 6.91. The van der Waals surface area contributed by atoms with Gasteiger partial charge in [-0.1, -0.05) is 18.2 Å². The van der Waals surface area contributed by atoms with Crippen molar-refractivity contribution in [2.75, 3.05) is 0 Å². The first-order valence-corrected chi connectivity index (χ1v) is 9.41. The summed E-state index contributed by atoms with van der Waals surface area (Å²) in [5.41, 5.74) is 2.13. The van der Waals surface area contributed by atoms with E-state index in [1.165, 1.54) is 24.4 Å². The summed E-state index contributed by atoms with van der Waals surface area (Å²) in [6, 6.07) is 15.4. The normalized spacial score (nSPS) is 12.0. The number of pyridine rings is 1. The summed E-state index contributed by atoms with van der Waals surface area (Å²) in [5, 5.41) is 3.48. The largest absolute Gasteiger partial charge is 0.487 e. The lowest BCUT2D eigenvalue weighted by atomic mass is 10.2. The predicted molar refractivity (Wildman–Crippen MR) is 109 cm³/mol. The van der Waals surface area contributed by atoms with Crippen molar-refractivity contribution in [2.24, 2.45) is 0 Å². The molecule has 0 radical (unpaired) electrons. The number of carbonyl (C=O) groups excluding carboxylic acids is 1. The van der Waals surface area contributed by atoms with Crippen LogP contribution in [-0.2, 0) is 6.61 Å². The quantitative estimate of drug-likeness (QED) is 0.477. The van der Waals surface area contributed by atoms with Gasteiger partial charge in [-0.05, 0) is 49.4 Å². The zero-order valence-corrected chi connectivity index (χ0v) is 16.2.